The zero-order valence-corrected chi connectivity index (χ0v) is 26.8. The van der Waals surface area contributed by atoms with E-state index in [1.54, 1.807) is 72.8 Å². The highest BCUT2D eigenvalue weighted by Gasteiger charge is 2.29. The summed E-state index contributed by atoms with van der Waals surface area (Å²) in [5.74, 6) is -4.64. The van der Waals surface area contributed by atoms with E-state index in [2.05, 4.69) is 0 Å². The largest absolute Gasteiger partial charge is 0.478 e. The first-order valence-electron chi connectivity index (χ1n) is 16.1. The van der Waals surface area contributed by atoms with Crippen LogP contribution >= 0.6 is 0 Å². The molecule has 0 aromatic heterocycles. The highest BCUT2D eigenvalue weighted by Crippen LogP contribution is 2.42. The van der Waals surface area contributed by atoms with Crippen LogP contribution in [0.4, 0.5) is 0 Å². The lowest BCUT2D eigenvalue weighted by Crippen LogP contribution is -2.16. The molecule has 0 heterocycles. The van der Waals surface area contributed by atoms with Crippen LogP contribution in [0.15, 0.2) is 146 Å². The number of carbonyl (C=O) groups excluding carboxylic acids is 2. The number of fused-ring (bicyclic) bond motifs is 6. The minimum absolute atomic E-state index is 0.104. The molecule has 8 aromatic rings. The molecule has 0 saturated heterocycles. The quantitative estimate of drug-likeness (QED) is 0.103. The van der Waals surface area contributed by atoms with Gasteiger partial charge in [0.1, 0.15) is 0 Å². The van der Waals surface area contributed by atoms with Gasteiger partial charge in [-0.15, -0.1) is 0 Å². The number of ether oxygens (including phenoxy) is 1. The summed E-state index contributed by atoms with van der Waals surface area (Å²) in [4.78, 5) is 54.4. The van der Waals surface area contributed by atoms with Crippen molar-refractivity contribution in [1.82, 2.24) is 0 Å². The van der Waals surface area contributed by atoms with Gasteiger partial charge in [0.2, 0.25) is 0 Å². The van der Waals surface area contributed by atoms with Crippen LogP contribution in [0, 0.1) is 0 Å². The van der Waals surface area contributed by atoms with E-state index in [1.807, 2.05) is 60.7 Å². The molecular formula is C44H26O7. The molecule has 244 valence electrons. The van der Waals surface area contributed by atoms with E-state index < -0.39 is 23.9 Å². The maximum absolute atomic E-state index is 14.1. The van der Waals surface area contributed by atoms with Gasteiger partial charge in [0.05, 0.1) is 22.3 Å². The second kappa shape index (κ2) is 12.4. The van der Waals surface area contributed by atoms with Crippen molar-refractivity contribution in [3.63, 3.8) is 0 Å². The van der Waals surface area contributed by atoms with Gasteiger partial charge in [0.25, 0.3) is 0 Å². The zero-order valence-electron chi connectivity index (χ0n) is 26.8. The molecular weight excluding hydrogens is 640 g/mol. The van der Waals surface area contributed by atoms with Crippen molar-refractivity contribution in [2.75, 3.05) is 0 Å². The second-order valence-corrected chi connectivity index (χ2v) is 12.1. The molecule has 0 aliphatic carbocycles. The topological polar surface area (TPSA) is 118 Å². The maximum Gasteiger partial charge on any atom is 0.346 e. The Morgan fingerprint density at radius 1 is 0.373 bits per heavy atom. The molecule has 0 bridgehead atoms. The Labute approximate surface area is 290 Å². The molecule has 0 saturated carbocycles. The lowest BCUT2D eigenvalue weighted by molar-refractivity contribution is 0.0400. The van der Waals surface area contributed by atoms with Gasteiger partial charge in [0, 0.05) is 21.9 Å². The van der Waals surface area contributed by atoms with Crippen molar-refractivity contribution < 1.29 is 34.1 Å². The maximum atomic E-state index is 14.1. The third-order valence-electron chi connectivity index (χ3n) is 9.28. The number of carboxylic acid groups (broad SMARTS) is 2. The summed E-state index contributed by atoms with van der Waals surface area (Å²) in [5.41, 5.74) is 1.71. The first-order chi connectivity index (χ1) is 24.8. The molecule has 0 spiro atoms. The fourth-order valence-electron chi connectivity index (χ4n) is 7.25. The van der Waals surface area contributed by atoms with Crippen LogP contribution in [0.1, 0.15) is 41.4 Å². The summed E-state index contributed by atoms with van der Waals surface area (Å²) in [6.07, 6.45) is 0. The highest BCUT2D eigenvalue weighted by atomic mass is 16.6. The highest BCUT2D eigenvalue weighted by molar-refractivity contribution is 6.29. The van der Waals surface area contributed by atoms with Crippen LogP contribution in [-0.2, 0) is 4.74 Å². The fraction of sp³-hybridized carbons (Fsp3) is 0. The SMILES string of the molecule is O=C(OC(=O)c1cccc2c1c(C(=O)O)c(-c1ccccc1)c1ccccc12)c1cccc2c1c(C(=O)O)c(-c1ccccc1)c1ccccc12. The normalized spacial score (nSPS) is 11.2. The summed E-state index contributed by atoms with van der Waals surface area (Å²) >= 11 is 0. The van der Waals surface area contributed by atoms with Crippen LogP contribution in [-0.4, -0.2) is 34.1 Å². The van der Waals surface area contributed by atoms with Crippen molar-refractivity contribution in [3.05, 3.63) is 168 Å². The first-order valence-corrected chi connectivity index (χ1v) is 16.1. The molecule has 7 nitrogen and oxygen atoms in total. The molecule has 8 rings (SSSR count). The zero-order chi connectivity index (χ0) is 35.2. The van der Waals surface area contributed by atoms with Crippen molar-refractivity contribution in [2.24, 2.45) is 0 Å². The van der Waals surface area contributed by atoms with Crippen LogP contribution < -0.4 is 0 Å². The summed E-state index contributed by atoms with van der Waals surface area (Å²) < 4.78 is 5.56. The number of esters is 2. The Balaban J connectivity index is 1.34. The van der Waals surface area contributed by atoms with Crippen LogP contribution in [0.2, 0.25) is 0 Å². The van der Waals surface area contributed by atoms with Crippen LogP contribution in [0.3, 0.4) is 0 Å². The van der Waals surface area contributed by atoms with Gasteiger partial charge in [-0.1, -0.05) is 133 Å². The van der Waals surface area contributed by atoms with Gasteiger partial charge < -0.3 is 14.9 Å². The molecule has 0 amide bonds. The Bertz CT molecular complexity index is 2560. The molecule has 0 radical (unpaired) electrons. The standard InChI is InChI=1S/C44H26O7/c45-41(46)39-35(25-13-3-1-4-14-25)29-19-9-7-17-27(29)31-21-11-23-33(37(31)39)43(49)51-44(50)34-24-12-22-32-28-18-8-10-20-30(28)36(26-15-5-2-6-16-26)40(38(32)34)42(47)48/h1-24H,(H,45,46)(H,47,48). The van der Waals surface area contributed by atoms with Gasteiger partial charge >= 0.3 is 23.9 Å². The van der Waals surface area contributed by atoms with Crippen LogP contribution in [0.25, 0.3) is 65.3 Å². The summed E-state index contributed by atoms with van der Waals surface area (Å²) in [5, 5.41) is 25.4. The molecule has 0 atom stereocenters. The Hall–Kier alpha value is -7.12. The van der Waals surface area contributed by atoms with E-state index in [0.717, 1.165) is 10.8 Å². The third-order valence-corrected chi connectivity index (χ3v) is 9.28. The van der Waals surface area contributed by atoms with Gasteiger partial charge in [-0.2, -0.15) is 0 Å². The fourth-order valence-corrected chi connectivity index (χ4v) is 7.25. The summed E-state index contributed by atoms with van der Waals surface area (Å²) in [6, 6.07) is 42.4. The summed E-state index contributed by atoms with van der Waals surface area (Å²) in [7, 11) is 0. The van der Waals surface area contributed by atoms with Crippen molar-refractivity contribution in [2.45, 2.75) is 0 Å². The van der Waals surface area contributed by atoms with Crippen molar-refractivity contribution in [3.8, 4) is 22.3 Å². The average Bonchev–Trinajstić information content (AvgIpc) is 3.16. The number of carboxylic acids is 2. The molecule has 8 aromatic carbocycles. The van der Waals surface area contributed by atoms with E-state index in [1.165, 1.54) is 12.1 Å². The monoisotopic (exact) mass is 666 g/mol. The van der Waals surface area contributed by atoms with Gasteiger partial charge in [-0.05, 0) is 55.6 Å². The van der Waals surface area contributed by atoms with E-state index in [9.17, 15) is 29.4 Å². The smallest absolute Gasteiger partial charge is 0.346 e. The Morgan fingerprint density at radius 2 is 0.706 bits per heavy atom. The van der Waals surface area contributed by atoms with Crippen molar-refractivity contribution in [1.29, 1.82) is 0 Å². The number of rotatable bonds is 6. The summed E-state index contributed by atoms with van der Waals surface area (Å²) in [6.45, 7) is 0. The number of benzene rings is 8. The van der Waals surface area contributed by atoms with E-state index in [4.69, 9.17) is 4.74 Å². The minimum atomic E-state index is -1.25. The van der Waals surface area contributed by atoms with E-state index in [-0.39, 0.29) is 33.0 Å². The molecule has 0 aliphatic heterocycles. The molecule has 0 unspecified atom stereocenters. The average molecular weight is 667 g/mol. The first kappa shape index (κ1) is 31.2. The molecule has 0 fully saturated rings. The van der Waals surface area contributed by atoms with E-state index in [0.29, 0.717) is 43.8 Å². The molecule has 2 N–H and O–H groups in total. The molecule has 51 heavy (non-hydrogen) atoms. The number of hydrogen-bond donors (Lipinski definition) is 2. The number of aromatic carboxylic acids is 2. The Morgan fingerprint density at radius 3 is 1.08 bits per heavy atom. The predicted molar refractivity (Wildman–Crippen MR) is 197 cm³/mol. The van der Waals surface area contributed by atoms with Crippen LogP contribution in [0.5, 0.6) is 0 Å². The van der Waals surface area contributed by atoms with Gasteiger partial charge in [0.15, 0.2) is 0 Å². The van der Waals surface area contributed by atoms with Gasteiger partial charge in [-0.25, -0.2) is 19.2 Å². The third kappa shape index (κ3) is 5.07. The number of hydrogen-bond acceptors (Lipinski definition) is 5. The number of carbonyl (C=O) groups is 4. The van der Waals surface area contributed by atoms with Crippen molar-refractivity contribution >= 4 is 67.0 Å². The lowest BCUT2D eigenvalue weighted by atomic mass is 9.86. The minimum Gasteiger partial charge on any atom is -0.478 e. The Kier molecular flexibility index (Phi) is 7.58. The second-order valence-electron chi connectivity index (χ2n) is 12.1. The predicted octanol–water partition coefficient (Wildman–Crippen LogP) is 10.0. The van der Waals surface area contributed by atoms with Gasteiger partial charge in [-0.3, -0.25) is 0 Å². The lowest BCUT2D eigenvalue weighted by Gasteiger charge is -2.18. The molecule has 0 aliphatic rings. The molecule has 7 heteroatoms. The van der Waals surface area contributed by atoms with E-state index >= 15 is 0 Å².